The first-order valence-electron chi connectivity index (χ1n) is 3.60. The van der Waals surface area contributed by atoms with Crippen LogP contribution in [0.25, 0.3) is 0 Å². The van der Waals surface area contributed by atoms with Gasteiger partial charge in [0.1, 0.15) is 0 Å². The summed E-state index contributed by atoms with van der Waals surface area (Å²) in [7, 11) is 0. The minimum absolute atomic E-state index is 0.0566. The summed E-state index contributed by atoms with van der Waals surface area (Å²) in [4.78, 5) is 0. The summed E-state index contributed by atoms with van der Waals surface area (Å²) in [5.41, 5.74) is 0. The van der Waals surface area contributed by atoms with Crippen LogP contribution in [0.15, 0.2) is 0 Å². The molecule has 0 radical (unpaired) electrons. The number of hydrogen-bond acceptors (Lipinski definition) is 2. The molecule has 2 nitrogen and oxygen atoms in total. The second-order valence-electron chi connectivity index (χ2n) is 2.82. The first-order valence-corrected chi connectivity index (χ1v) is 3.60. The van der Waals surface area contributed by atoms with Crippen LogP contribution >= 0.6 is 0 Å². The standard InChI is InChI=1S/C7H13FO2/c1-5-2-6(3-8)7(4-9)10-5/h5-7,9H,2-4H2,1H3/t5-,6?,7+/m0/s1. The number of ether oxygens (including phenoxy) is 1. The van der Waals surface area contributed by atoms with E-state index in [-0.39, 0.29) is 31.4 Å². The number of halogens is 1. The van der Waals surface area contributed by atoms with Crippen LogP contribution in [0.2, 0.25) is 0 Å². The van der Waals surface area contributed by atoms with Crippen molar-refractivity contribution in [3.05, 3.63) is 0 Å². The molecule has 3 atom stereocenters. The zero-order chi connectivity index (χ0) is 7.56. The highest BCUT2D eigenvalue weighted by Crippen LogP contribution is 2.25. The van der Waals surface area contributed by atoms with Crippen LogP contribution in [0, 0.1) is 5.92 Å². The van der Waals surface area contributed by atoms with Crippen molar-refractivity contribution in [2.45, 2.75) is 25.6 Å². The second kappa shape index (κ2) is 3.30. The maximum atomic E-state index is 12.1. The average Bonchev–Trinajstić information content (AvgIpc) is 2.30. The van der Waals surface area contributed by atoms with Crippen LogP contribution in [0.3, 0.4) is 0 Å². The van der Waals surface area contributed by atoms with Gasteiger partial charge in [0.05, 0.1) is 25.5 Å². The van der Waals surface area contributed by atoms with Gasteiger partial charge in [0, 0.05) is 5.92 Å². The molecule has 0 saturated carbocycles. The van der Waals surface area contributed by atoms with Gasteiger partial charge in [-0.1, -0.05) is 0 Å². The number of aliphatic hydroxyl groups excluding tert-OH is 1. The Hall–Kier alpha value is -0.150. The highest BCUT2D eigenvalue weighted by molar-refractivity contribution is 4.79. The minimum Gasteiger partial charge on any atom is -0.394 e. The van der Waals surface area contributed by atoms with E-state index < -0.39 is 0 Å². The van der Waals surface area contributed by atoms with Gasteiger partial charge in [-0.2, -0.15) is 0 Å². The monoisotopic (exact) mass is 148 g/mol. The molecule has 1 saturated heterocycles. The van der Waals surface area contributed by atoms with Gasteiger partial charge in [-0.05, 0) is 13.3 Å². The Balaban J connectivity index is 2.41. The van der Waals surface area contributed by atoms with Crippen molar-refractivity contribution in [2.24, 2.45) is 5.92 Å². The van der Waals surface area contributed by atoms with Gasteiger partial charge >= 0.3 is 0 Å². The van der Waals surface area contributed by atoms with Crippen molar-refractivity contribution in [1.29, 1.82) is 0 Å². The molecule has 1 aliphatic rings. The molecule has 10 heavy (non-hydrogen) atoms. The molecule has 1 unspecified atom stereocenters. The quantitative estimate of drug-likeness (QED) is 0.626. The van der Waals surface area contributed by atoms with E-state index >= 15 is 0 Å². The van der Waals surface area contributed by atoms with Gasteiger partial charge in [0.2, 0.25) is 0 Å². The lowest BCUT2D eigenvalue weighted by molar-refractivity contribution is 0.00372. The molecular weight excluding hydrogens is 135 g/mol. The fourth-order valence-electron chi connectivity index (χ4n) is 1.40. The van der Waals surface area contributed by atoms with E-state index in [0.717, 1.165) is 6.42 Å². The van der Waals surface area contributed by atoms with E-state index in [9.17, 15) is 4.39 Å². The molecule has 0 aromatic heterocycles. The second-order valence-corrected chi connectivity index (χ2v) is 2.82. The van der Waals surface area contributed by atoms with Gasteiger partial charge in [-0.3, -0.25) is 4.39 Å². The molecule has 0 bridgehead atoms. The van der Waals surface area contributed by atoms with Crippen LogP contribution in [0.5, 0.6) is 0 Å². The van der Waals surface area contributed by atoms with Crippen LogP contribution in [-0.4, -0.2) is 30.6 Å². The van der Waals surface area contributed by atoms with Crippen molar-refractivity contribution in [2.75, 3.05) is 13.3 Å². The maximum Gasteiger partial charge on any atom is 0.0949 e. The van der Waals surface area contributed by atoms with Gasteiger partial charge in [-0.25, -0.2) is 0 Å². The van der Waals surface area contributed by atoms with E-state index in [1.165, 1.54) is 0 Å². The average molecular weight is 148 g/mol. The molecule has 3 heteroatoms. The van der Waals surface area contributed by atoms with Crippen LogP contribution in [-0.2, 0) is 4.74 Å². The molecule has 0 amide bonds. The molecule has 0 aromatic carbocycles. The highest BCUT2D eigenvalue weighted by Gasteiger charge is 2.31. The SMILES string of the molecule is C[C@H]1CC(CF)[C@@H](CO)O1. The lowest BCUT2D eigenvalue weighted by Crippen LogP contribution is -2.21. The summed E-state index contributed by atoms with van der Waals surface area (Å²) in [6.45, 7) is 1.47. The molecule has 60 valence electrons. The van der Waals surface area contributed by atoms with Gasteiger partial charge in [-0.15, -0.1) is 0 Å². The molecule has 1 fully saturated rings. The summed E-state index contributed by atoms with van der Waals surface area (Å²) >= 11 is 0. The molecule has 0 aromatic rings. The molecule has 1 N–H and O–H groups in total. The summed E-state index contributed by atoms with van der Waals surface area (Å²) in [6.07, 6.45) is 0.583. The van der Waals surface area contributed by atoms with Crippen molar-refractivity contribution in [1.82, 2.24) is 0 Å². The van der Waals surface area contributed by atoms with Crippen molar-refractivity contribution in [3.63, 3.8) is 0 Å². The predicted molar refractivity (Wildman–Crippen MR) is 35.5 cm³/mol. The lowest BCUT2D eigenvalue weighted by atomic mass is 10.0. The summed E-state index contributed by atoms with van der Waals surface area (Å²) in [5, 5.41) is 8.69. The van der Waals surface area contributed by atoms with Crippen molar-refractivity contribution < 1.29 is 14.2 Å². The summed E-state index contributed by atoms with van der Waals surface area (Å²) in [6, 6.07) is 0. The number of alkyl halides is 1. The molecule has 1 aliphatic heterocycles. The fourth-order valence-corrected chi connectivity index (χ4v) is 1.40. The molecule has 1 rings (SSSR count). The summed E-state index contributed by atoms with van der Waals surface area (Å²) in [5.74, 6) is -0.0833. The molecule has 0 aliphatic carbocycles. The Morgan fingerprint density at radius 1 is 1.70 bits per heavy atom. The predicted octanol–water partition coefficient (Wildman–Crippen LogP) is 0.742. The third-order valence-electron chi connectivity index (χ3n) is 1.95. The Morgan fingerprint density at radius 2 is 2.40 bits per heavy atom. The zero-order valence-corrected chi connectivity index (χ0v) is 6.09. The molecule has 0 spiro atoms. The smallest absolute Gasteiger partial charge is 0.0949 e. The van der Waals surface area contributed by atoms with Gasteiger partial charge in [0.25, 0.3) is 0 Å². The van der Waals surface area contributed by atoms with E-state index in [2.05, 4.69) is 0 Å². The van der Waals surface area contributed by atoms with Gasteiger partial charge in [0.15, 0.2) is 0 Å². The van der Waals surface area contributed by atoms with E-state index in [1.54, 1.807) is 0 Å². The zero-order valence-electron chi connectivity index (χ0n) is 6.09. The first kappa shape index (κ1) is 7.95. The van der Waals surface area contributed by atoms with E-state index in [0.29, 0.717) is 0 Å². The third kappa shape index (κ3) is 1.47. The van der Waals surface area contributed by atoms with Crippen LogP contribution < -0.4 is 0 Å². The Labute approximate surface area is 60.0 Å². The minimum atomic E-state index is -0.379. The van der Waals surface area contributed by atoms with E-state index in [1.807, 2.05) is 6.92 Å². The van der Waals surface area contributed by atoms with Gasteiger partial charge < -0.3 is 9.84 Å². The Kier molecular flexibility index (Phi) is 2.63. The molecule has 1 heterocycles. The Bertz CT molecular complexity index is 95.8. The number of hydrogen-bond donors (Lipinski definition) is 1. The highest BCUT2D eigenvalue weighted by atomic mass is 19.1. The fraction of sp³-hybridized carbons (Fsp3) is 1.00. The van der Waals surface area contributed by atoms with Crippen molar-refractivity contribution in [3.8, 4) is 0 Å². The van der Waals surface area contributed by atoms with Crippen LogP contribution in [0.4, 0.5) is 4.39 Å². The number of rotatable bonds is 2. The number of aliphatic hydroxyl groups is 1. The lowest BCUT2D eigenvalue weighted by Gasteiger charge is -2.11. The third-order valence-corrected chi connectivity index (χ3v) is 1.95. The topological polar surface area (TPSA) is 29.5 Å². The first-order chi connectivity index (χ1) is 4.77. The summed E-state index contributed by atoms with van der Waals surface area (Å²) < 4.78 is 17.3. The Morgan fingerprint density at radius 3 is 2.80 bits per heavy atom. The van der Waals surface area contributed by atoms with Crippen LogP contribution in [0.1, 0.15) is 13.3 Å². The maximum absolute atomic E-state index is 12.1. The largest absolute Gasteiger partial charge is 0.394 e. The van der Waals surface area contributed by atoms with Crippen molar-refractivity contribution >= 4 is 0 Å². The van der Waals surface area contributed by atoms with E-state index in [4.69, 9.17) is 9.84 Å². The molecular formula is C7H13FO2. The normalized spacial score (nSPS) is 40.5.